The number of aliphatic hydroxyl groups is 3. The average Bonchev–Trinajstić information content (AvgIpc) is 3.18. The Kier molecular flexibility index (Phi) is 17.9. The van der Waals surface area contributed by atoms with Crippen LogP contribution in [-0.4, -0.2) is 33.5 Å². The molecule has 4 unspecified atom stereocenters. The van der Waals surface area contributed by atoms with Gasteiger partial charge in [0.05, 0.1) is 18.0 Å². The molecule has 0 radical (unpaired) electrons. The molecule has 4 nitrogen and oxygen atoms in total. The Morgan fingerprint density at radius 2 is 1.65 bits per heavy atom. The van der Waals surface area contributed by atoms with Gasteiger partial charge in [0.25, 0.3) is 0 Å². The third-order valence-electron chi connectivity index (χ3n) is 7.47. The van der Waals surface area contributed by atoms with Crippen molar-refractivity contribution >= 4 is 5.69 Å². The Balaban J connectivity index is 0.000000381. The molecule has 0 saturated carbocycles. The molecule has 5 heteroatoms. The van der Waals surface area contributed by atoms with Crippen LogP contribution < -0.4 is 4.90 Å². The first-order chi connectivity index (χ1) is 20.5. The van der Waals surface area contributed by atoms with E-state index in [1.807, 2.05) is 45.1 Å². The summed E-state index contributed by atoms with van der Waals surface area (Å²) in [6, 6.07) is 17.6. The summed E-state index contributed by atoms with van der Waals surface area (Å²) in [4.78, 5) is 2.44. The SMILES string of the molecule is C=C(C)/C=C\C=C(/C)O.CC.CC1=CC=CC(O)CC1.CC1C(CCC(O)c2ccc(F)cc2)C(C)N1c1ccccc1. The maximum Gasteiger partial charge on any atom is 0.123 e. The van der Waals surface area contributed by atoms with Gasteiger partial charge < -0.3 is 20.2 Å². The fourth-order valence-corrected chi connectivity index (χ4v) is 5.09. The van der Waals surface area contributed by atoms with Crippen LogP contribution in [0.4, 0.5) is 10.1 Å². The summed E-state index contributed by atoms with van der Waals surface area (Å²) in [6.45, 7) is 17.8. The predicted octanol–water partition coefficient (Wildman–Crippen LogP) is 9.80. The molecule has 2 aromatic carbocycles. The second-order valence-corrected chi connectivity index (χ2v) is 11.1. The number of para-hydroxylation sites is 1. The molecule has 2 aliphatic rings. The molecule has 4 atom stereocenters. The largest absolute Gasteiger partial charge is 0.513 e. The van der Waals surface area contributed by atoms with Crippen molar-refractivity contribution in [2.45, 2.75) is 98.4 Å². The summed E-state index contributed by atoms with van der Waals surface area (Å²) in [7, 11) is 0. The van der Waals surface area contributed by atoms with Gasteiger partial charge in [0, 0.05) is 17.8 Å². The Bertz CT molecular complexity index is 1170. The van der Waals surface area contributed by atoms with Gasteiger partial charge in [0.2, 0.25) is 0 Å². The first-order valence-corrected chi connectivity index (χ1v) is 15.5. The Morgan fingerprint density at radius 1 is 1.05 bits per heavy atom. The molecule has 43 heavy (non-hydrogen) atoms. The monoisotopic (exact) mass is 591 g/mol. The van der Waals surface area contributed by atoms with Crippen LogP contribution >= 0.6 is 0 Å². The molecule has 2 aromatic rings. The minimum absolute atomic E-state index is 0.223. The lowest BCUT2D eigenvalue weighted by molar-refractivity contribution is 0.132. The van der Waals surface area contributed by atoms with Crippen LogP contribution in [-0.2, 0) is 0 Å². The zero-order valence-electron chi connectivity index (χ0n) is 27.2. The molecule has 1 aliphatic carbocycles. The van der Waals surface area contributed by atoms with E-state index in [0.717, 1.165) is 30.4 Å². The number of hydrogen-bond acceptors (Lipinski definition) is 4. The second-order valence-electron chi connectivity index (χ2n) is 11.1. The van der Waals surface area contributed by atoms with Crippen molar-refractivity contribution in [2.24, 2.45) is 5.92 Å². The maximum atomic E-state index is 12.9. The first kappa shape index (κ1) is 37.6. The summed E-state index contributed by atoms with van der Waals surface area (Å²) in [6.07, 6.45) is 13.9. The maximum absolute atomic E-state index is 12.9. The number of rotatable bonds is 7. The fraction of sp³-hybridized carbons (Fsp3) is 0.421. The Labute approximate surface area is 260 Å². The molecule has 1 saturated heterocycles. The zero-order valence-corrected chi connectivity index (χ0v) is 27.2. The fourth-order valence-electron chi connectivity index (χ4n) is 5.09. The zero-order chi connectivity index (χ0) is 32.4. The van der Waals surface area contributed by atoms with Crippen LogP contribution in [0.5, 0.6) is 0 Å². The third kappa shape index (κ3) is 14.1. The Hall–Kier alpha value is -3.41. The van der Waals surface area contributed by atoms with Gasteiger partial charge in [-0.2, -0.15) is 0 Å². The van der Waals surface area contributed by atoms with Crippen molar-refractivity contribution in [3.05, 3.63) is 126 Å². The highest BCUT2D eigenvalue weighted by atomic mass is 19.1. The van der Waals surface area contributed by atoms with Gasteiger partial charge in [-0.25, -0.2) is 4.39 Å². The van der Waals surface area contributed by atoms with E-state index >= 15 is 0 Å². The normalized spacial score (nSPS) is 21.9. The average molecular weight is 592 g/mol. The summed E-state index contributed by atoms with van der Waals surface area (Å²) >= 11 is 0. The lowest BCUT2D eigenvalue weighted by Gasteiger charge is -2.54. The molecule has 0 aromatic heterocycles. The quantitative estimate of drug-likeness (QED) is 0.221. The van der Waals surface area contributed by atoms with Crippen LogP contribution in [0, 0.1) is 11.7 Å². The number of hydrogen-bond donors (Lipinski definition) is 3. The van der Waals surface area contributed by atoms with E-state index in [-0.39, 0.29) is 11.9 Å². The van der Waals surface area contributed by atoms with Crippen molar-refractivity contribution in [3.8, 4) is 0 Å². The summed E-state index contributed by atoms with van der Waals surface area (Å²) in [5.74, 6) is 0.624. The van der Waals surface area contributed by atoms with Crippen molar-refractivity contribution in [1.29, 1.82) is 0 Å². The number of nitrogens with zero attached hydrogens (tertiary/aromatic N) is 1. The molecule has 0 bridgehead atoms. The van der Waals surface area contributed by atoms with Crippen LogP contribution in [0.2, 0.25) is 0 Å². The Morgan fingerprint density at radius 3 is 2.21 bits per heavy atom. The molecule has 4 rings (SSSR count). The number of halogens is 1. The van der Waals surface area contributed by atoms with Crippen LogP contribution in [0.3, 0.4) is 0 Å². The van der Waals surface area contributed by atoms with E-state index in [1.54, 1.807) is 31.2 Å². The minimum atomic E-state index is -0.513. The van der Waals surface area contributed by atoms with Crippen LogP contribution in [0.1, 0.15) is 85.8 Å². The van der Waals surface area contributed by atoms with E-state index < -0.39 is 6.10 Å². The van der Waals surface area contributed by atoms with Gasteiger partial charge in [0.15, 0.2) is 0 Å². The molecule has 1 heterocycles. The van der Waals surface area contributed by atoms with Crippen molar-refractivity contribution in [2.75, 3.05) is 4.90 Å². The lowest BCUT2D eigenvalue weighted by Crippen LogP contribution is -2.61. The highest BCUT2D eigenvalue weighted by Crippen LogP contribution is 2.40. The number of benzene rings is 2. The van der Waals surface area contributed by atoms with Gasteiger partial charge >= 0.3 is 0 Å². The van der Waals surface area contributed by atoms with E-state index in [2.05, 4.69) is 62.6 Å². The molecule has 3 N–H and O–H groups in total. The van der Waals surface area contributed by atoms with E-state index in [0.29, 0.717) is 30.2 Å². The molecular weight excluding hydrogens is 537 g/mol. The standard InChI is InChI=1S/C20H24FNO.2C8H12O.C2H6/c1-14-19(15(2)22(14)18-6-4-3-5-7-18)12-13-20(23)16-8-10-17(21)11-9-16;1-7-3-2-4-8(9)6-5-7;1-7(2)5-4-6-8(3)9;1-2/h3-11,14-15,19-20,23H,12-13H2,1-2H3;2-4,8-9H,5-6H2,1H3;4-6,9H,1H2,2-3H3;1-2H3/b;;5-4-,8-6+;. The van der Waals surface area contributed by atoms with Crippen LogP contribution in [0.15, 0.2) is 115 Å². The molecule has 236 valence electrons. The highest BCUT2D eigenvalue weighted by Gasteiger charge is 2.42. The minimum Gasteiger partial charge on any atom is -0.513 e. The van der Waals surface area contributed by atoms with Crippen molar-refractivity contribution in [3.63, 3.8) is 0 Å². The number of anilines is 1. The summed E-state index contributed by atoms with van der Waals surface area (Å²) < 4.78 is 12.9. The summed E-state index contributed by atoms with van der Waals surface area (Å²) in [5, 5.41) is 28.0. The van der Waals surface area contributed by atoms with Crippen molar-refractivity contribution < 1.29 is 19.7 Å². The predicted molar refractivity (Wildman–Crippen MR) is 182 cm³/mol. The number of allylic oxidation sites excluding steroid dienone is 8. The molecule has 1 fully saturated rings. The van der Waals surface area contributed by atoms with Gasteiger partial charge in [-0.3, -0.25) is 0 Å². The van der Waals surface area contributed by atoms with E-state index in [4.69, 9.17) is 10.2 Å². The smallest absolute Gasteiger partial charge is 0.123 e. The lowest BCUT2D eigenvalue weighted by atomic mass is 9.77. The van der Waals surface area contributed by atoms with E-state index in [9.17, 15) is 9.50 Å². The van der Waals surface area contributed by atoms with Gasteiger partial charge in [0.1, 0.15) is 5.82 Å². The third-order valence-corrected chi connectivity index (χ3v) is 7.47. The topological polar surface area (TPSA) is 63.9 Å². The molecular formula is C38H54FNO3. The molecule has 0 spiro atoms. The highest BCUT2D eigenvalue weighted by molar-refractivity contribution is 5.51. The van der Waals surface area contributed by atoms with Crippen molar-refractivity contribution in [1.82, 2.24) is 0 Å². The van der Waals surface area contributed by atoms with Gasteiger partial charge in [-0.1, -0.05) is 92.3 Å². The second kappa shape index (κ2) is 20.5. The van der Waals surface area contributed by atoms with Gasteiger partial charge in [-0.05, 0) is 102 Å². The van der Waals surface area contributed by atoms with Gasteiger partial charge in [-0.15, -0.1) is 0 Å². The summed E-state index contributed by atoms with van der Waals surface area (Å²) in [5.41, 5.74) is 4.39. The van der Waals surface area contributed by atoms with E-state index in [1.165, 1.54) is 23.4 Å². The van der Waals surface area contributed by atoms with Crippen LogP contribution in [0.25, 0.3) is 0 Å². The number of aliphatic hydroxyl groups excluding tert-OH is 3. The molecule has 0 amide bonds. The first-order valence-electron chi connectivity index (χ1n) is 15.5. The molecule has 1 aliphatic heterocycles.